The molecule has 4 aromatic rings. The maximum absolute atomic E-state index is 12.1. The van der Waals surface area contributed by atoms with Crippen LogP contribution in [0.25, 0.3) is 20.9 Å². The lowest BCUT2D eigenvalue weighted by atomic mass is 10.1. The summed E-state index contributed by atoms with van der Waals surface area (Å²) < 4.78 is 0.936. The van der Waals surface area contributed by atoms with Crippen LogP contribution in [0.5, 0.6) is 0 Å². The van der Waals surface area contributed by atoms with Crippen LogP contribution in [0.15, 0.2) is 71.5 Å². The van der Waals surface area contributed by atoms with Crippen LogP contribution in [0.4, 0.5) is 10.8 Å². The Morgan fingerprint density at radius 3 is 2.55 bits per heavy atom. The highest BCUT2D eigenvalue weighted by molar-refractivity contribution is 7.21. The minimum Gasteiger partial charge on any atom is -0.331 e. The quantitative estimate of drug-likeness (QED) is 0.590. The van der Waals surface area contributed by atoms with Crippen molar-refractivity contribution in [1.29, 1.82) is 0 Å². The molecule has 0 aliphatic rings. The first-order chi connectivity index (χ1) is 10.8. The summed E-state index contributed by atoms with van der Waals surface area (Å²) in [5.74, 6) is 0. The zero-order valence-corrected chi connectivity index (χ0v) is 12.4. The summed E-state index contributed by atoms with van der Waals surface area (Å²) in [5.41, 5.74) is 0.731. The molecule has 0 bridgehead atoms. The molecule has 4 heteroatoms. The Hall–Kier alpha value is -2.72. The molecule has 0 atom stereocenters. The molecule has 0 aliphatic heterocycles. The van der Waals surface area contributed by atoms with Gasteiger partial charge in [-0.1, -0.05) is 53.8 Å². The maximum atomic E-state index is 12.1. The van der Waals surface area contributed by atoms with E-state index >= 15 is 0 Å². The highest BCUT2D eigenvalue weighted by Gasteiger charge is 2.04. The summed E-state index contributed by atoms with van der Waals surface area (Å²) in [4.78, 5) is 16.2. The second-order valence-electron chi connectivity index (χ2n) is 5.01. The fraction of sp³-hybridized carbons (Fsp3) is 0. The number of aromatic nitrogens is 1. The molecule has 0 unspecified atom stereocenters. The summed E-state index contributed by atoms with van der Waals surface area (Å²) in [6.45, 7) is 0. The first kappa shape index (κ1) is 13.0. The van der Waals surface area contributed by atoms with Crippen molar-refractivity contribution in [3.63, 3.8) is 0 Å². The number of nitrogens with zero attached hydrogens (tertiary/aromatic N) is 1. The number of benzene rings is 3. The zero-order valence-electron chi connectivity index (χ0n) is 11.6. The van der Waals surface area contributed by atoms with Crippen LogP contribution in [-0.4, -0.2) is 4.98 Å². The first-order valence-electron chi connectivity index (χ1n) is 6.95. The molecule has 4 rings (SSSR count). The molecule has 106 valence electrons. The van der Waals surface area contributed by atoms with Crippen molar-refractivity contribution in [2.24, 2.45) is 0 Å². The molecule has 22 heavy (non-hydrogen) atoms. The van der Waals surface area contributed by atoms with E-state index < -0.39 is 0 Å². The van der Waals surface area contributed by atoms with Gasteiger partial charge in [0.2, 0.25) is 0 Å². The van der Waals surface area contributed by atoms with Crippen LogP contribution in [0.3, 0.4) is 0 Å². The number of fused-ring (bicyclic) bond motifs is 2. The summed E-state index contributed by atoms with van der Waals surface area (Å²) in [5, 5.41) is 6.85. The largest absolute Gasteiger partial charge is 0.331 e. The third kappa shape index (κ3) is 2.34. The van der Waals surface area contributed by atoms with E-state index in [1.165, 1.54) is 16.7 Å². The van der Waals surface area contributed by atoms with Gasteiger partial charge in [-0.15, -0.1) is 0 Å². The first-order valence-corrected chi connectivity index (χ1v) is 7.77. The van der Waals surface area contributed by atoms with Crippen molar-refractivity contribution in [1.82, 2.24) is 4.98 Å². The summed E-state index contributed by atoms with van der Waals surface area (Å²) in [6.07, 6.45) is 0. The molecule has 0 saturated heterocycles. The van der Waals surface area contributed by atoms with Crippen molar-refractivity contribution in [2.45, 2.75) is 0 Å². The molecular weight excluding hydrogens is 292 g/mol. The summed E-state index contributed by atoms with van der Waals surface area (Å²) in [7, 11) is 0. The highest BCUT2D eigenvalue weighted by atomic mass is 32.1. The average Bonchev–Trinajstić information content (AvgIpc) is 2.55. The van der Waals surface area contributed by atoms with Crippen LogP contribution < -0.4 is 10.9 Å². The molecule has 0 aliphatic carbocycles. The molecule has 3 aromatic carbocycles. The average molecular weight is 304 g/mol. The molecule has 1 heterocycles. The molecule has 0 amide bonds. The maximum Gasteiger partial charge on any atom is 0.281 e. The van der Waals surface area contributed by atoms with Gasteiger partial charge in [0.25, 0.3) is 5.56 Å². The standard InChI is InChI=1S/C18H12N2OS/c21-17-15-7-3-4-8-16(15)22-18(20-17)19-14-10-9-12-5-1-2-6-13(12)11-14/h1-11H,(H,19,20,21). The Bertz CT molecular complexity index is 1040. The number of hydrogen-bond acceptors (Lipinski definition) is 4. The Labute approximate surface area is 130 Å². The van der Waals surface area contributed by atoms with Gasteiger partial charge in [0.05, 0.1) is 5.39 Å². The molecule has 0 fully saturated rings. The Kier molecular flexibility index (Phi) is 3.09. The monoisotopic (exact) mass is 304 g/mol. The predicted octanol–water partition coefficient (Wildman–Crippen LogP) is 4.55. The Morgan fingerprint density at radius 1 is 0.864 bits per heavy atom. The Balaban J connectivity index is 1.77. The summed E-state index contributed by atoms with van der Waals surface area (Å²) >= 11 is 1.48. The lowest BCUT2D eigenvalue weighted by Crippen LogP contribution is -2.07. The van der Waals surface area contributed by atoms with Crippen molar-refractivity contribution in [2.75, 3.05) is 5.32 Å². The number of rotatable bonds is 2. The zero-order chi connectivity index (χ0) is 14.9. The molecule has 1 aromatic heterocycles. The molecule has 1 N–H and O–H groups in total. The number of hydrogen-bond donors (Lipinski definition) is 1. The molecular formula is C18H12N2OS. The summed E-state index contributed by atoms with van der Waals surface area (Å²) in [6, 6.07) is 21.8. The Morgan fingerprint density at radius 2 is 1.64 bits per heavy atom. The van der Waals surface area contributed by atoms with Crippen LogP contribution in [0.1, 0.15) is 0 Å². The lowest BCUT2D eigenvalue weighted by molar-refractivity contribution is 1.30. The smallest absolute Gasteiger partial charge is 0.281 e. The second kappa shape index (κ2) is 5.24. The highest BCUT2D eigenvalue weighted by Crippen LogP contribution is 2.25. The molecule has 3 nitrogen and oxygen atoms in total. The number of anilines is 2. The van der Waals surface area contributed by atoms with E-state index in [4.69, 9.17) is 0 Å². The second-order valence-corrected chi connectivity index (χ2v) is 6.04. The van der Waals surface area contributed by atoms with Crippen molar-refractivity contribution < 1.29 is 0 Å². The third-order valence-electron chi connectivity index (χ3n) is 3.53. The minimum atomic E-state index is -0.197. The van der Waals surface area contributed by atoms with E-state index in [1.54, 1.807) is 6.07 Å². The van der Waals surface area contributed by atoms with E-state index in [2.05, 4.69) is 34.6 Å². The van der Waals surface area contributed by atoms with Gasteiger partial charge in [-0.3, -0.25) is 4.79 Å². The van der Waals surface area contributed by atoms with Crippen molar-refractivity contribution in [3.05, 3.63) is 77.1 Å². The SMILES string of the molecule is O=c1nc(Nc2ccc3ccccc3c2)sc2ccccc12. The van der Waals surface area contributed by atoms with Crippen molar-refractivity contribution in [3.8, 4) is 0 Å². The van der Waals surface area contributed by atoms with E-state index in [0.717, 1.165) is 15.8 Å². The fourth-order valence-corrected chi connectivity index (χ4v) is 3.37. The van der Waals surface area contributed by atoms with Gasteiger partial charge in [0, 0.05) is 10.4 Å². The molecule has 0 radical (unpaired) electrons. The minimum absolute atomic E-state index is 0.197. The van der Waals surface area contributed by atoms with Gasteiger partial charge in [0.15, 0.2) is 5.13 Å². The van der Waals surface area contributed by atoms with E-state index in [1.807, 2.05) is 36.4 Å². The molecule has 0 saturated carbocycles. The van der Waals surface area contributed by atoms with E-state index in [-0.39, 0.29) is 5.56 Å². The van der Waals surface area contributed by atoms with Crippen LogP contribution in [0.2, 0.25) is 0 Å². The third-order valence-corrected chi connectivity index (χ3v) is 4.49. The van der Waals surface area contributed by atoms with Crippen LogP contribution in [-0.2, 0) is 0 Å². The topological polar surface area (TPSA) is 42.0 Å². The van der Waals surface area contributed by atoms with Gasteiger partial charge in [-0.05, 0) is 35.0 Å². The van der Waals surface area contributed by atoms with E-state index in [0.29, 0.717) is 10.5 Å². The number of nitrogens with one attached hydrogen (secondary N) is 1. The predicted molar refractivity (Wildman–Crippen MR) is 93.1 cm³/mol. The normalized spacial score (nSPS) is 10.9. The van der Waals surface area contributed by atoms with Gasteiger partial charge in [-0.25, -0.2) is 0 Å². The molecule has 0 spiro atoms. The van der Waals surface area contributed by atoms with Gasteiger partial charge in [0.1, 0.15) is 0 Å². The van der Waals surface area contributed by atoms with E-state index in [9.17, 15) is 4.79 Å². The van der Waals surface area contributed by atoms with Gasteiger partial charge >= 0.3 is 0 Å². The van der Waals surface area contributed by atoms with Crippen molar-refractivity contribution >= 4 is 43.0 Å². The lowest BCUT2D eigenvalue weighted by Gasteiger charge is -2.06. The van der Waals surface area contributed by atoms with Crippen LogP contribution in [0, 0.1) is 0 Å². The van der Waals surface area contributed by atoms with Crippen LogP contribution >= 0.6 is 11.3 Å². The fourth-order valence-electron chi connectivity index (χ4n) is 2.46. The van der Waals surface area contributed by atoms with Gasteiger partial charge < -0.3 is 5.32 Å². The van der Waals surface area contributed by atoms with Gasteiger partial charge in [-0.2, -0.15) is 4.98 Å².